The van der Waals surface area contributed by atoms with Crippen LogP contribution in [0.4, 0.5) is 0 Å². The Kier molecular flexibility index (Phi) is 7.25. The van der Waals surface area contributed by atoms with E-state index in [0.29, 0.717) is 12.8 Å². The Bertz CT molecular complexity index is 232. The number of carbonyl (C=O) groups excluding carboxylic acids is 2. The molecule has 0 aliphatic carbocycles. The molecular weight excluding hydrogens is 208 g/mol. The van der Waals surface area contributed by atoms with E-state index in [0.717, 1.165) is 0 Å². The largest absolute Gasteiger partial charge is 0.469 e. The third-order valence-electron chi connectivity index (χ3n) is 2.35. The van der Waals surface area contributed by atoms with Crippen LogP contribution in [0.25, 0.3) is 0 Å². The van der Waals surface area contributed by atoms with Crippen molar-refractivity contribution in [3.05, 3.63) is 12.2 Å². The van der Waals surface area contributed by atoms with E-state index in [2.05, 4.69) is 9.47 Å². The highest BCUT2D eigenvalue weighted by Gasteiger charge is 2.12. The highest BCUT2D eigenvalue weighted by Crippen LogP contribution is 2.08. The third kappa shape index (κ3) is 5.53. The lowest BCUT2D eigenvalue weighted by molar-refractivity contribution is -0.145. The van der Waals surface area contributed by atoms with Gasteiger partial charge in [0, 0.05) is 0 Å². The first-order chi connectivity index (χ1) is 7.52. The van der Waals surface area contributed by atoms with Gasteiger partial charge in [-0.15, -0.1) is 0 Å². The fraction of sp³-hybridized carbons (Fsp3) is 0.667. The summed E-state index contributed by atoms with van der Waals surface area (Å²) in [5.74, 6) is -0.722. The summed E-state index contributed by atoms with van der Waals surface area (Å²) in [6.45, 7) is 3.61. The van der Waals surface area contributed by atoms with Gasteiger partial charge in [-0.05, 0) is 12.8 Å². The molecule has 0 radical (unpaired) electrons. The minimum Gasteiger partial charge on any atom is -0.469 e. The highest BCUT2D eigenvalue weighted by atomic mass is 16.5. The summed E-state index contributed by atoms with van der Waals surface area (Å²) < 4.78 is 9.20. The van der Waals surface area contributed by atoms with Crippen molar-refractivity contribution in [1.82, 2.24) is 0 Å². The van der Waals surface area contributed by atoms with Gasteiger partial charge >= 0.3 is 11.9 Å². The van der Waals surface area contributed by atoms with Crippen LogP contribution in [0.15, 0.2) is 12.2 Å². The quantitative estimate of drug-likeness (QED) is 0.515. The summed E-state index contributed by atoms with van der Waals surface area (Å²) in [6, 6.07) is 0. The topological polar surface area (TPSA) is 52.6 Å². The predicted octanol–water partition coefficient (Wildman–Crippen LogP) is 1.94. The normalized spacial score (nSPS) is 14.5. The van der Waals surface area contributed by atoms with Crippen molar-refractivity contribution in [3.8, 4) is 0 Å². The zero-order chi connectivity index (χ0) is 12.6. The molecule has 0 bridgehead atoms. The number of ether oxygens (including phenoxy) is 2. The molecule has 2 unspecified atom stereocenters. The lowest BCUT2D eigenvalue weighted by atomic mass is 10.1. The van der Waals surface area contributed by atoms with Crippen molar-refractivity contribution in [3.63, 3.8) is 0 Å². The minimum atomic E-state index is -0.217. The zero-order valence-electron chi connectivity index (χ0n) is 10.4. The van der Waals surface area contributed by atoms with Crippen LogP contribution < -0.4 is 0 Å². The van der Waals surface area contributed by atoms with Crippen molar-refractivity contribution in [2.45, 2.75) is 26.7 Å². The van der Waals surface area contributed by atoms with Gasteiger partial charge in [0.25, 0.3) is 0 Å². The van der Waals surface area contributed by atoms with Crippen LogP contribution in [-0.2, 0) is 19.1 Å². The molecule has 0 saturated carbocycles. The smallest absolute Gasteiger partial charge is 0.308 e. The van der Waals surface area contributed by atoms with E-state index in [1.807, 2.05) is 12.2 Å². The molecular formula is C12H20O4. The van der Waals surface area contributed by atoms with Gasteiger partial charge in [-0.2, -0.15) is 0 Å². The molecule has 0 aliphatic heterocycles. The van der Waals surface area contributed by atoms with Crippen LogP contribution in [0.3, 0.4) is 0 Å². The molecule has 0 rings (SSSR count). The predicted molar refractivity (Wildman–Crippen MR) is 60.7 cm³/mol. The Labute approximate surface area is 96.6 Å². The molecule has 0 heterocycles. The minimum absolute atomic E-state index is 0.144. The second-order valence-corrected chi connectivity index (χ2v) is 3.79. The van der Waals surface area contributed by atoms with Crippen molar-refractivity contribution in [2.24, 2.45) is 11.8 Å². The maximum atomic E-state index is 11.1. The summed E-state index contributed by atoms with van der Waals surface area (Å²) >= 11 is 0. The number of hydrogen-bond donors (Lipinski definition) is 0. The van der Waals surface area contributed by atoms with E-state index < -0.39 is 0 Å². The van der Waals surface area contributed by atoms with E-state index in [9.17, 15) is 9.59 Å². The second kappa shape index (κ2) is 7.91. The molecule has 92 valence electrons. The SMILES string of the molecule is COC(=O)C(C)C/C=C/CC(C)C(=O)OC. The number of rotatable bonds is 6. The Morgan fingerprint density at radius 2 is 1.25 bits per heavy atom. The average Bonchev–Trinajstić information content (AvgIpc) is 2.31. The summed E-state index contributed by atoms with van der Waals surface area (Å²) in [5.41, 5.74) is 0. The summed E-state index contributed by atoms with van der Waals surface area (Å²) in [7, 11) is 2.75. The van der Waals surface area contributed by atoms with Gasteiger partial charge in [0.1, 0.15) is 0 Å². The Hall–Kier alpha value is -1.32. The van der Waals surface area contributed by atoms with Gasteiger partial charge < -0.3 is 9.47 Å². The van der Waals surface area contributed by atoms with Gasteiger partial charge in [-0.1, -0.05) is 26.0 Å². The summed E-state index contributed by atoms with van der Waals surface area (Å²) in [5, 5.41) is 0. The number of hydrogen-bond acceptors (Lipinski definition) is 4. The van der Waals surface area contributed by atoms with E-state index >= 15 is 0 Å². The van der Waals surface area contributed by atoms with E-state index in [1.165, 1.54) is 14.2 Å². The van der Waals surface area contributed by atoms with Crippen molar-refractivity contribution < 1.29 is 19.1 Å². The standard InChI is InChI=1S/C12H20O4/c1-9(11(13)15-3)7-5-6-8-10(2)12(14)16-4/h5-6,9-10H,7-8H2,1-4H3/b6-5+. The van der Waals surface area contributed by atoms with Crippen LogP contribution >= 0.6 is 0 Å². The average molecular weight is 228 g/mol. The van der Waals surface area contributed by atoms with E-state index in [4.69, 9.17) is 0 Å². The number of carbonyl (C=O) groups is 2. The van der Waals surface area contributed by atoms with Crippen molar-refractivity contribution in [2.75, 3.05) is 14.2 Å². The van der Waals surface area contributed by atoms with Crippen molar-refractivity contribution >= 4 is 11.9 Å². The Morgan fingerprint density at radius 3 is 1.50 bits per heavy atom. The molecule has 4 nitrogen and oxygen atoms in total. The number of esters is 2. The highest BCUT2D eigenvalue weighted by molar-refractivity contribution is 5.72. The third-order valence-corrected chi connectivity index (χ3v) is 2.35. The number of methoxy groups -OCH3 is 2. The fourth-order valence-corrected chi connectivity index (χ4v) is 1.20. The molecule has 4 heteroatoms. The molecule has 0 amide bonds. The maximum Gasteiger partial charge on any atom is 0.308 e. The van der Waals surface area contributed by atoms with Gasteiger partial charge in [-0.3, -0.25) is 9.59 Å². The molecule has 16 heavy (non-hydrogen) atoms. The van der Waals surface area contributed by atoms with Crippen molar-refractivity contribution in [1.29, 1.82) is 0 Å². The first kappa shape index (κ1) is 14.7. The van der Waals surface area contributed by atoms with Crippen LogP contribution in [0.1, 0.15) is 26.7 Å². The van der Waals surface area contributed by atoms with Crippen LogP contribution in [0, 0.1) is 11.8 Å². The zero-order valence-corrected chi connectivity index (χ0v) is 10.4. The van der Waals surface area contributed by atoms with Gasteiger partial charge in [-0.25, -0.2) is 0 Å². The maximum absolute atomic E-state index is 11.1. The second-order valence-electron chi connectivity index (χ2n) is 3.79. The molecule has 0 aromatic heterocycles. The van der Waals surface area contributed by atoms with E-state index in [-0.39, 0.29) is 23.8 Å². The molecule has 0 aromatic rings. The fourth-order valence-electron chi connectivity index (χ4n) is 1.20. The molecule has 2 atom stereocenters. The molecule has 0 aliphatic rings. The monoisotopic (exact) mass is 228 g/mol. The van der Waals surface area contributed by atoms with Gasteiger partial charge in [0.2, 0.25) is 0 Å². The van der Waals surface area contributed by atoms with Gasteiger partial charge in [0.15, 0.2) is 0 Å². The first-order valence-electron chi connectivity index (χ1n) is 5.33. The molecule has 0 N–H and O–H groups in total. The molecule has 0 saturated heterocycles. The summed E-state index contributed by atoms with van der Waals surface area (Å²) in [6.07, 6.45) is 5.03. The molecule has 0 spiro atoms. The lowest BCUT2D eigenvalue weighted by Gasteiger charge is -2.06. The lowest BCUT2D eigenvalue weighted by Crippen LogP contribution is -2.12. The Morgan fingerprint density at radius 1 is 0.938 bits per heavy atom. The molecule has 0 aromatic carbocycles. The Balaban J connectivity index is 3.86. The molecule has 0 fully saturated rings. The summed E-state index contributed by atoms with van der Waals surface area (Å²) in [4.78, 5) is 22.1. The van der Waals surface area contributed by atoms with E-state index in [1.54, 1.807) is 13.8 Å². The number of allylic oxidation sites excluding steroid dienone is 2. The van der Waals surface area contributed by atoms with Crippen LogP contribution in [0.2, 0.25) is 0 Å². The van der Waals surface area contributed by atoms with Crippen LogP contribution in [0.5, 0.6) is 0 Å². The van der Waals surface area contributed by atoms with Crippen LogP contribution in [-0.4, -0.2) is 26.2 Å². The van der Waals surface area contributed by atoms with Gasteiger partial charge in [0.05, 0.1) is 26.1 Å². The first-order valence-corrected chi connectivity index (χ1v) is 5.33.